The maximum absolute atomic E-state index is 6.06. The van der Waals surface area contributed by atoms with Crippen molar-refractivity contribution in [1.29, 1.82) is 0 Å². The van der Waals surface area contributed by atoms with Crippen LogP contribution in [0.15, 0.2) is 39.9 Å². The molecule has 0 saturated heterocycles. The van der Waals surface area contributed by atoms with Gasteiger partial charge < -0.3 is 15.2 Å². The number of rotatable bonds is 0. The minimum absolute atomic E-state index is 0.198. The van der Waals surface area contributed by atoms with Crippen LogP contribution >= 0.6 is 38.5 Å². The van der Waals surface area contributed by atoms with Gasteiger partial charge in [0.05, 0.1) is 5.56 Å². The summed E-state index contributed by atoms with van der Waals surface area (Å²) in [5.74, 6) is 1.30. The molecule has 0 bridgehead atoms. The summed E-state index contributed by atoms with van der Waals surface area (Å²) >= 11 is 5.75. The number of aromatic nitrogens is 1. The van der Waals surface area contributed by atoms with Crippen LogP contribution in [0.3, 0.4) is 0 Å². The Kier molecular flexibility index (Phi) is 3.30. The van der Waals surface area contributed by atoms with Crippen molar-refractivity contribution in [2.24, 2.45) is 10.7 Å². The first kappa shape index (κ1) is 14.3. The van der Waals surface area contributed by atoms with Gasteiger partial charge in [-0.3, -0.25) is 0 Å². The summed E-state index contributed by atoms with van der Waals surface area (Å²) in [5.41, 5.74) is 7.01. The molecule has 2 aliphatic rings. The highest BCUT2D eigenvalue weighted by atomic mass is 127. The molecule has 1 atom stereocenters. The van der Waals surface area contributed by atoms with Crippen LogP contribution in [0.5, 0.6) is 11.6 Å². The first-order valence-corrected chi connectivity index (χ1v) is 8.58. The predicted octanol–water partition coefficient (Wildman–Crippen LogP) is 3.53. The Labute approximate surface area is 149 Å². The normalized spacial score (nSPS) is 22.2. The number of amidine groups is 1. The van der Waals surface area contributed by atoms with E-state index in [2.05, 4.69) is 54.6 Å². The molecular weight excluding hydrogens is 461 g/mol. The average molecular weight is 472 g/mol. The lowest BCUT2D eigenvalue weighted by Crippen LogP contribution is -2.42. The van der Waals surface area contributed by atoms with E-state index in [1.165, 1.54) is 0 Å². The molecule has 0 radical (unpaired) electrons. The third kappa shape index (κ3) is 2.10. The zero-order valence-electron chi connectivity index (χ0n) is 11.3. The first-order chi connectivity index (χ1) is 10.6. The Hall–Kier alpha value is -1.35. The summed E-state index contributed by atoms with van der Waals surface area (Å²) in [5, 5.41) is 0. The van der Waals surface area contributed by atoms with E-state index in [-0.39, 0.29) is 6.02 Å². The van der Waals surface area contributed by atoms with E-state index in [0.717, 1.165) is 24.9 Å². The number of hydrogen-bond acceptors (Lipinski definition) is 5. The quantitative estimate of drug-likeness (QED) is 0.597. The second-order valence-corrected chi connectivity index (χ2v) is 7.31. The van der Waals surface area contributed by atoms with Gasteiger partial charge in [-0.1, -0.05) is 0 Å². The van der Waals surface area contributed by atoms with E-state index in [0.29, 0.717) is 18.8 Å². The van der Waals surface area contributed by atoms with Crippen molar-refractivity contribution in [2.45, 2.75) is 12.0 Å². The van der Waals surface area contributed by atoms with Crippen molar-refractivity contribution >= 4 is 44.5 Å². The Morgan fingerprint density at radius 3 is 2.95 bits per heavy atom. The molecule has 22 heavy (non-hydrogen) atoms. The van der Waals surface area contributed by atoms with Crippen molar-refractivity contribution in [3.05, 3.63) is 49.6 Å². The molecule has 2 aliphatic heterocycles. The van der Waals surface area contributed by atoms with Crippen LogP contribution in [-0.2, 0) is 10.3 Å². The van der Waals surface area contributed by atoms with Crippen LogP contribution in [0.1, 0.15) is 17.5 Å². The van der Waals surface area contributed by atoms with Crippen LogP contribution in [0.25, 0.3) is 0 Å². The highest BCUT2D eigenvalue weighted by molar-refractivity contribution is 14.1. The maximum atomic E-state index is 6.06. The van der Waals surface area contributed by atoms with E-state index < -0.39 is 5.60 Å². The largest absolute Gasteiger partial charge is 0.449 e. The van der Waals surface area contributed by atoms with Crippen molar-refractivity contribution in [2.75, 3.05) is 6.54 Å². The average Bonchev–Trinajstić information content (AvgIpc) is 2.49. The number of nitrogens with two attached hydrogens (primary N) is 1. The van der Waals surface area contributed by atoms with Gasteiger partial charge in [0, 0.05) is 32.8 Å². The molecular formula is C15H11BrIN3O2. The Morgan fingerprint density at radius 2 is 2.14 bits per heavy atom. The van der Waals surface area contributed by atoms with E-state index in [4.69, 9.17) is 15.2 Å². The van der Waals surface area contributed by atoms with Crippen molar-refractivity contribution in [3.63, 3.8) is 0 Å². The van der Waals surface area contributed by atoms with E-state index >= 15 is 0 Å². The molecule has 1 unspecified atom stereocenters. The van der Waals surface area contributed by atoms with Gasteiger partial charge in [-0.15, -0.1) is 0 Å². The minimum Gasteiger partial charge on any atom is -0.449 e. The number of halogens is 2. The summed E-state index contributed by atoms with van der Waals surface area (Å²) in [7, 11) is 0. The third-order valence-electron chi connectivity index (χ3n) is 3.85. The molecule has 0 fully saturated rings. The monoisotopic (exact) mass is 471 g/mol. The van der Waals surface area contributed by atoms with Crippen molar-refractivity contribution in [3.8, 4) is 11.6 Å². The number of aliphatic imine (C=N–C) groups is 1. The highest BCUT2D eigenvalue weighted by Crippen LogP contribution is 2.51. The van der Waals surface area contributed by atoms with Crippen molar-refractivity contribution in [1.82, 2.24) is 4.98 Å². The number of fused-ring (bicyclic) bond motifs is 4. The van der Waals surface area contributed by atoms with Gasteiger partial charge in [0.1, 0.15) is 5.75 Å². The number of pyridine rings is 1. The zero-order chi connectivity index (χ0) is 15.3. The predicted molar refractivity (Wildman–Crippen MR) is 94.1 cm³/mol. The Balaban J connectivity index is 2.01. The number of hydrogen-bond donors (Lipinski definition) is 1. The molecule has 112 valence electrons. The first-order valence-electron chi connectivity index (χ1n) is 6.71. The van der Waals surface area contributed by atoms with Crippen LogP contribution < -0.4 is 10.5 Å². The molecule has 2 aromatic rings. The summed E-state index contributed by atoms with van der Waals surface area (Å²) in [4.78, 5) is 8.55. The number of nitrogens with zero attached hydrogens (tertiary/aromatic N) is 2. The molecule has 0 amide bonds. The number of benzene rings is 1. The van der Waals surface area contributed by atoms with Gasteiger partial charge in [-0.25, -0.2) is 9.98 Å². The molecule has 5 nitrogen and oxygen atoms in total. The summed E-state index contributed by atoms with van der Waals surface area (Å²) in [6.45, 7) is 0.600. The zero-order valence-corrected chi connectivity index (χ0v) is 15.1. The summed E-state index contributed by atoms with van der Waals surface area (Å²) < 4.78 is 14.0. The van der Waals surface area contributed by atoms with Gasteiger partial charge >= 0.3 is 0 Å². The second kappa shape index (κ2) is 5.09. The Bertz CT molecular complexity index is 758. The molecule has 2 N–H and O–H groups in total. The van der Waals surface area contributed by atoms with Gasteiger partial charge in [0.2, 0.25) is 5.88 Å². The highest BCUT2D eigenvalue weighted by Gasteiger charge is 2.47. The Morgan fingerprint density at radius 1 is 1.27 bits per heavy atom. The summed E-state index contributed by atoms with van der Waals surface area (Å²) in [6, 6.07) is 8.18. The summed E-state index contributed by atoms with van der Waals surface area (Å²) in [6.07, 6.45) is 2.40. The second-order valence-electron chi connectivity index (χ2n) is 5.15. The van der Waals surface area contributed by atoms with Crippen LogP contribution in [0, 0.1) is 3.57 Å². The molecule has 4 rings (SSSR count). The fourth-order valence-electron chi connectivity index (χ4n) is 2.92. The van der Waals surface area contributed by atoms with Crippen LogP contribution in [0.4, 0.5) is 0 Å². The molecule has 1 aromatic heterocycles. The minimum atomic E-state index is -0.702. The molecule has 7 heteroatoms. The topological polar surface area (TPSA) is 69.7 Å². The van der Waals surface area contributed by atoms with Crippen LogP contribution in [0.2, 0.25) is 0 Å². The smallest absolute Gasteiger partial charge is 0.283 e. The van der Waals surface area contributed by atoms with Crippen LogP contribution in [-0.4, -0.2) is 17.6 Å². The van der Waals surface area contributed by atoms with Gasteiger partial charge in [0.15, 0.2) is 5.60 Å². The SMILES string of the molecule is NC1=NCCC2(O1)c1cc(I)ccc1Oc1ncc(Br)cc12. The molecule has 0 aliphatic carbocycles. The number of ether oxygens (including phenoxy) is 2. The lowest BCUT2D eigenvalue weighted by Gasteiger charge is -2.40. The van der Waals surface area contributed by atoms with Crippen molar-refractivity contribution < 1.29 is 9.47 Å². The van der Waals surface area contributed by atoms with Gasteiger partial charge in [-0.05, 0) is 62.8 Å². The standard InChI is InChI=1S/C15H11BrIN3O2/c16-8-5-11-13(20-7-8)21-12-2-1-9(17)6-10(12)15(11)3-4-19-14(18)22-15/h1-2,5-7H,3-4H2,(H2,18,19). The van der Waals surface area contributed by atoms with E-state index in [1.807, 2.05) is 18.2 Å². The van der Waals surface area contributed by atoms with Gasteiger partial charge in [0.25, 0.3) is 6.02 Å². The molecule has 3 heterocycles. The van der Waals surface area contributed by atoms with E-state index in [1.54, 1.807) is 6.20 Å². The lowest BCUT2D eigenvalue weighted by atomic mass is 9.81. The fraction of sp³-hybridized carbons (Fsp3) is 0.200. The molecule has 1 aromatic carbocycles. The maximum Gasteiger partial charge on any atom is 0.283 e. The van der Waals surface area contributed by atoms with E-state index in [9.17, 15) is 0 Å². The lowest BCUT2D eigenvalue weighted by molar-refractivity contribution is 0.0624. The molecule has 0 saturated carbocycles. The third-order valence-corrected chi connectivity index (χ3v) is 4.95. The van der Waals surface area contributed by atoms with Gasteiger partial charge in [-0.2, -0.15) is 0 Å². The fourth-order valence-corrected chi connectivity index (χ4v) is 3.74. The molecule has 1 spiro atoms.